The molecule has 2 amide bonds. The van der Waals surface area contributed by atoms with Gasteiger partial charge in [0, 0.05) is 17.6 Å². The summed E-state index contributed by atoms with van der Waals surface area (Å²) in [6.07, 6.45) is 1.43. The summed E-state index contributed by atoms with van der Waals surface area (Å²) in [5.41, 5.74) is 3.39. The van der Waals surface area contributed by atoms with Crippen LogP contribution in [0.15, 0.2) is 93.3 Å². The molecule has 3 aromatic rings. The lowest BCUT2D eigenvalue weighted by molar-refractivity contribution is -0.137. The monoisotopic (exact) mass is 614 g/mol. The van der Waals surface area contributed by atoms with Crippen LogP contribution in [0.1, 0.15) is 5.56 Å². The van der Waals surface area contributed by atoms with Crippen LogP contribution >= 0.6 is 15.9 Å². The first-order chi connectivity index (χ1) is 18.8. The van der Waals surface area contributed by atoms with Gasteiger partial charge < -0.3 is 14.4 Å². The minimum atomic E-state index is -4.00. The Bertz CT molecular complexity index is 1390. The van der Waals surface area contributed by atoms with Crippen LogP contribution in [0.3, 0.4) is 0 Å². The number of hydrogen-bond acceptors (Lipinski definition) is 7. The predicted octanol–water partition coefficient (Wildman–Crippen LogP) is 3.03. The van der Waals surface area contributed by atoms with Crippen LogP contribution in [0.25, 0.3) is 0 Å². The van der Waals surface area contributed by atoms with Gasteiger partial charge in [-0.2, -0.15) is 5.10 Å². The average molecular weight is 616 g/mol. The third-order valence-corrected chi connectivity index (χ3v) is 8.06. The number of benzene rings is 3. The van der Waals surface area contributed by atoms with Crippen molar-refractivity contribution in [1.29, 1.82) is 0 Å². The molecule has 4 rings (SSSR count). The number of carbonyl (C=O) groups is 2. The van der Waals surface area contributed by atoms with Crippen LogP contribution in [-0.2, 0) is 24.3 Å². The number of hydrogen-bond donors (Lipinski definition) is 1. The molecule has 0 spiro atoms. The molecule has 1 saturated heterocycles. The molecule has 1 fully saturated rings. The quantitative estimate of drug-likeness (QED) is 0.277. The Morgan fingerprint density at radius 1 is 1.00 bits per heavy atom. The number of halogens is 1. The SMILES string of the molecule is O=C(CN(c1ccc(Br)cc1)S(=O)(=O)c1ccccc1)N/N=C\c1ccc(OCC(=O)N2CCOCC2)cc1. The number of nitrogens with one attached hydrogen (secondary N) is 1. The van der Waals surface area contributed by atoms with Gasteiger partial charge in [0.25, 0.3) is 21.8 Å². The molecule has 0 saturated carbocycles. The van der Waals surface area contributed by atoms with Crippen molar-refractivity contribution in [1.82, 2.24) is 10.3 Å². The lowest BCUT2D eigenvalue weighted by Crippen LogP contribution is -2.42. The summed E-state index contributed by atoms with van der Waals surface area (Å²) in [7, 11) is -4.00. The Balaban J connectivity index is 1.35. The van der Waals surface area contributed by atoms with Gasteiger partial charge in [0.1, 0.15) is 12.3 Å². The van der Waals surface area contributed by atoms with E-state index in [1.54, 1.807) is 71.6 Å². The molecular formula is C27H27BrN4O6S. The Morgan fingerprint density at radius 2 is 1.67 bits per heavy atom. The maximum absolute atomic E-state index is 13.3. The van der Waals surface area contributed by atoms with Gasteiger partial charge >= 0.3 is 0 Å². The molecule has 1 aliphatic heterocycles. The summed E-state index contributed by atoms with van der Waals surface area (Å²) >= 11 is 3.34. The van der Waals surface area contributed by atoms with E-state index in [-0.39, 0.29) is 17.4 Å². The van der Waals surface area contributed by atoms with Gasteiger partial charge in [-0.3, -0.25) is 13.9 Å². The highest BCUT2D eigenvalue weighted by atomic mass is 79.9. The summed E-state index contributed by atoms with van der Waals surface area (Å²) < 4.78 is 39.3. The smallest absolute Gasteiger partial charge is 0.264 e. The zero-order chi connectivity index (χ0) is 27.7. The van der Waals surface area contributed by atoms with Crippen molar-refractivity contribution >= 4 is 49.7 Å². The summed E-state index contributed by atoms with van der Waals surface area (Å²) in [6.45, 7) is 1.64. The van der Waals surface area contributed by atoms with Crippen molar-refractivity contribution in [2.75, 3.05) is 43.8 Å². The number of amides is 2. The maximum atomic E-state index is 13.3. The van der Waals surface area contributed by atoms with E-state index in [0.717, 1.165) is 8.78 Å². The fourth-order valence-electron chi connectivity index (χ4n) is 3.69. The van der Waals surface area contributed by atoms with Crippen LogP contribution < -0.4 is 14.5 Å². The Labute approximate surface area is 235 Å². The maximum Gasteiger partial charge on any atom is 0.264 e. The van der Waals surface area contributed by atoms with E-state index in [9.17, 15) is 18.0 Å². The van der Waals surface area contributed by atoms with Crippen LogP contribution in [0.5, 0.6) is 5.75 Å². The first kappa shape index (κ1) is 28.3. The largest absolute Gasteiger partial charge is 0.484 e. The second-order valence-corrected chi connectivity index (χ2v) is 11.2. The average Bonchev–Trinajstić information content (AvgIpc) is 2.97. The van der Waals surface area contributed by atoms with E-state index in [1.807, 2.05) is 0 Å². The Hall–Kier alpha value is -3.74. The van der Waals surface area contributed by atoms with E-state index in [0.29, 0.717) is 43.3 Å². The number of anilines is 1. The van der Waals surface area contributed by atoms with Crippen molar-refractivity contribution in [3.63, 3.8) is 0 Å². The van der Waals surface area contributed by atoms with Crippen molar-refractivity contribution in [3.8, 4) is 5.75 Å². The Morgan fingerprint density at radius 3 is 2.33 bits per heavy atom. The van der Waals surface area contributed by atoms with Gasteiger partial charge in [0.15, 0.2) is 6.61 Å². The zero-order valence-electron chi connectivity index (χ0n) is 20.9. The summed E-state index contributed by atoms with van der Waals surface area (Å²) in [5, 5.41) is 3.96. The van der Waals surface area contributed by atoms with Gasteiger partial charge in [-0.25, -0.2) is 13.8 Å². The van der Waals surface area contributed by atoms with Gasteiger partial charge in [-0.05, 0) is 66.2 Å². The van der Waals surface area contributed by atoms with Gasteiger partial charge in [0.2, 0.25) is 0 Å². The molecule has 1 heterocycles. The number of ether oxygens (including phenoxy) is 2. The van der Waals surface area contributed by atoms with Crippen molar-refractivity contribution in [2.45, 2.75) is 4.90 Å². The minimum absolute atomic E-state index is 0.0652. The van der Waals surface area contributed by atoms with Gasteiger partial charge in [0.05, 0.1) is 30.0 Å². The van der Waals surface area contributed by atoms with Gasteiger partial charge in [-0.15, -0.1) is 0 Å². The molecule has 3 aromatic carbocycles. The molecule has 1 aliphatic rings. The number of sulfonamides is 1. The number of hydrazone groups is 1. The first-order valence-corrected chi connectivity index (χ1v) is 14.3. The predicted molar refractivity (Wildman–Crippen MR) is 150 cm³/mol. The second-order valence-electron chi connectivity index (χ2n) is 8.45. The fourth-order valence-corrected chi connectivity index (χ4v) is 5.39. The molecule has 0 bridgehead atoms. The summed E-state index contributed by atoms with van der Waals surface area (Å²) in [5.74, 6) is -0.192. The Kier molecular flexibility index (Phi) is 9.69. The van der Waals surface area contributed by atoms with Gasteiger partial charge in [-0.1, -0.05) is 34.1 Å². The molecule has 0 radical (unpaired) electrons. The molecular weight excluding hydrogens is 588 g/mol. The van der Waals surface area contributed by atoms with Crippen LogP contribution in [0.4, 0.5) is 5.69 Å². The fraction of sp³-hybridized carbons (Fsp3) is 0.222. The zero-order valence-corrected chi connectivity index (χ0v) is 23.3. The topological polar surface area (TPSA) is 118 Å². The van der Waals surface area contributed by atoms with Crippen LogP contribution in [-0.4, -0.2) is 70.8 Å². The van der Waals surface area contributed by atoms with Crippen molar-refractivity contribution < 1.29 is 27.5 Å². The molecule has 0 aromatic heterocycles. The molecule has 0 unspecified atom stereocenters. The minimum Gasteiger partial charge on any atom is -0.484 e. The number of morpholine rings is 1. The molecule has 0 atom stereocenters. The third kappa shape index (κ3) is 7.88. The lowest BCUT2D eigenvalue weighted by atomic mass is 10.2. The third-order valence-electron chi connectivity index (χ3n) is 5.74. The molecule has 0 aliphatic carbocycles. The summed E-state index contributed by atoms with van der Waals surface area (Å²) in [4.78, 5) is 26.7. The second kappa shape index (κ2) is 13.4. The lowest BCUT2D eigenvalue weighted by Gasteiger charge is -2.26. The van der Waals surface area contributed by atoms with Crippen molar-refractivity contribution in [2.24, 2.45) is 5.10 Å². The normalized spacial score (nSPS) is 13.7. The highest BCUT2D eigenvalue weighted by Crippen LogP contribution is 2.25. The first-order valence-electron chi connectivity index (χ1n) is 12.1. The van der Waals surface area contributed by atoms with Crippen LogP contribution in [0, 0.1) is 0 Å². The van der Waals surface area contributed by atoms with E-state index < -0.39 is 22.5 Å². The van der Waals surface area contributed by atoms with Crippen LogP contribution in [0.2, 0.25) is 0 Å². The standard InChI is InChI=1S/C27H27BrN4O6S/c28-22-8-10-23(11-9-22)32(39(35,36)25-4-2-1-3-5-25)19-26(33)30-29-18-21-6-12-24(13-7-21)38-20-27(34)31-14-16-37-17-15-31/h1-13,18H,14-17,19-20H2,(H,30,33)/b29-18-. The highest BCUT2D eigenvalue weighted by molar-refractivity contribution is 9.10. The van der Waals surface area contributed by atoms with Crippen molar-refractivity contribution in [3.05, 3.63) is 88.9 Å². The number of nitrogens with zero attached hydrogens (tertiary/aromatic N) is 3. The molecule has 1 N–H and O–H groups in total. The number of carbonyl (C=O) groups excluding carboxylic acids is 2. The van der Waals surface area contributed by atoms with E-state index in [1.165, 1.54) is 18.3 Å². The highest BCUT2D eigenvalue weighted by Gasteiger charge is 2.27. The van der Waals surface area contributed by atoms with E-state index in [2.05, 4.69) is 26.5 Å². The summed E-state index contributed by atoms with van der Waals surface area (Å²) in [6, 6.07) is 21.4. The molecule has 10 nitrogen and oxygen atoms in total. The molecule has 39 heavy (non-hydrogen) atoms. The molecule has 12 heteroatoms. The number of rotatable bonds is 10. The van der Waals surface area contributed by atoms with E-state index in [4.69, 9.17) is 9.47 Å². The molecule has 204 valence electrons. The van der Waals surface area contributed by atoms with E-state index >= 15 is 0 Å².